The van der Waals surface area contributed by atoms with Gasteiger partial charge in [0.1, 0.15) is 0 Å². The van der Waals surface area contributed by atoms with Gasteiger partial charge in [0.25, 0.3) is 5.91 Å². The molecule has 5 N–H and O–H groups in total. The Balaban J connectivity index is 1.71. The summed E-state index contributed by atoms with van der Waals surface area (Å²) in [5.74, 6) is 0.892. The highest BCUT2D eigenvalue weighted by atomic mass is 32.3. The number of benzene rings is 1. The molecule has 4 rings (SSSR count). The number of H-pyrrole nitrogens is 1. The van der Waals surface area contributed by atoms with E-state index >= 15 is 0 Å². The van der Waals surface area contributed by atoms with Crippen molar-refractivity contribution in [2.24, 2.45) is 11.7 Å². The molecule has 0 saturated carbocycles. The van der Waals surface area contributed by atoms with Gasteiger partial charge in [0, 0.05) is 28.7 Å². The SMILES string of the molecule is NC(=O)c1cc(-c2ccoc2)cc2c(CC3CCS(O)(O)CC3)c[nH]c12. The Morgan fingerprint density at radius 3 is 2.69 bits per heavy atom. The van der Waals surface area contributed by atoms with Gasteiger partial charge in [-0.25, -0.2) is 0 Å². The Labute approximate surface area is 152 Å². The van der Waals surface area contributed by atoms with Crippen LogP contribution in [-0.4, -0.2) is 31.5 Å². The number of furan rings is 1. The zero-order valence-electron chi connectivity index (χ0n) is 14.3. The predicted octanol–water partition coefficient (Wildman–Crippen LogP) is 4.23. The van der Waals surface area contributed by atoms with E-state index in [-0.39, 0.29) is 0 Å². The molecule has 1 amide bonds. The van der Waals surface area contributed by atoms with Crippen LogP contribution >= 0.6 is 10.6 Å². The number of nitrogens with one attached hydrogen (secondary N) is 1. The molecule has 0 atom stereocenters. The van der Waals surface area contributed by atoms with E-state index in [0.717, 1.165) is 46.9 Å². The van der Waals surface area contributed by atoms with Crippen molar-refractivity contribution < 1.29 is 18.3 Å². The van der Waals surface area contributed by atoms with Crippen molar-refractivity contribution in [3.63, 3.8) is 0 Å². The Hall–Kier alpha value is -2.22. The third kappa shape index (κ3) is 3.25. The molecule has 6 nitrogen and oxygen atoms in total. The van der Waals surface area contributed by atoms with Crippen LogP contribution < -0.4 is 5.73 Å². The molecule has 0 spiro atoms. The number of hydrogen-bond acceptors (Lipinski definition) is 4. The third-order valence-corrected chi connectivity index (χ3v) is 6.99. The smallest absolute Gasteiger partial charge is 0.250 e. The summed E-state index contributed by atoms with van der Waals surface area (Å²) in [5, 5.41) is 0.981. The van der Waals surface area contributed by atoms with Crippen LogP contribution in [0.15, 0.2) is 41.3 Å². The molecule has 1 saturated heterocycles. The molecule has 1 aliphatic heterocycles. The average Bonchev–Trinajstić information content (AvgIpc) is 3.26. The second-order valence-corrected chi connectivity index (χ2v) is 9.42. The lowest BCUT2D eigenvalue weighted by atomic mass is 9.92. The Morgan fingerprint density at radius 1 is 1.27 bits per heavy atom. The summed E-state index contributed by atoms with van der Waals surface area (Å²) < 4.78 is 24.8. The van der Waals surface area contributed by atoms with Crippen molar-refractivity contribution in [2.45, 2.75) is 19.3 Å². The van der Waals surface area contributed by atoms with Crippen LogP contribution in [0.2, 0.25) is 0 Å². The van der Waals surface area contributed by atoms with Gasteiger partial charge in [0.05, 0.1) is 23.6 Å². The summed E-state index contributed by atoms with van der Waals surface area (Å²) in [6.07, 6.45) is 7.62. The topological polar surface area (TPSA) is 112 Å². The van der Waals surface area contributed by atoms with Gasteiger partial charge in [-0.1, -0.05) is 0 Å². The largest absolute Gasteiger partial charge is 0.472 e. The van der Waals surface area contributed by atoms with Crippen LogP contribution in [0, 0.1) is 5.92 Å². The number of aromatic nitrogens is 1. The highest BCUT2D eigenvalue weighted by Gasteiger charge is 2.25. The van der Waals surface area contributed by atoms with Crippen LogP contribution in [0.3, 0.4) is 0 Å². The highest BCUT2D eigenvalue weighted by Crippen LogP contribution is 2.46. The van der Waals surface area contributed by atoms with Gasteiger partial charge in [-0.2, -0.15) is 10.6 Å². The summed E-state index contributed by atoms with van der Waals surface area (Å²) >= 11 is 0. The maximum Gasteiger partial charge on any atom is 0.250 e. The molecule has 1 aromatic carbocycles. The van der Waals surface area contributed by atoms with Crippen LogP contribution in [0.1, 0.15) is 28.8 Å². The normalized spacial score (nSPS) is 18.8. The molecule has 1 aliphatic rings. The van der Waals surface area contributed by atoms with Gasteiger partial charge in [-0.3, -0.25) is 13.9 Å². The number of carbonyl (C=O) groups is 1. The fraction of sp³-hybridized carbons (Fsp3) is 0.316. The molecule has 138 valence electrons. The number of fused-ring (bicyclic) bond motifs is 1. The van der Waals surface area contributed by atoms with E-state index in [2.05, 4.69) is 11.1 Å². The number of nitrogens with two attached hydrogens (primary N) is 1. The second-order valence-electron chi connectivity index (χ2n) is 6.99. The minimum atomic E-state index is -2.37. The van der Waals surface area contributed by atoms with E-state index in [9.17, 15) is 13.9 Å². The van der Waals surface area contributed by atoms with Crippen molar-refractivity contribution in [1.82, 2.24) is 4.98 Å². The van der Waals surface area contributed by atoms with Crippen LogP contribution in [-0.2, 0) is 6.42 Å². The molecule has 0 aliphatic carbocycles. The number of carbonyl (C=O) groups excluding carboxylic acids is 1. The minimum absolute atomic E-state index is 0.406. The number of amides is 1. The molecular weight excluding hydrogens is 352 g/mol. The third-order valence-electron chi connectivity index (χ3n) is 5.21. The van der Waals surface area contributed by atoms with Crippen LogP contribution in [0.4, 0.5) is 0 Å². The van der Waals surface area contributed by atoms with Gasteiger partial charge in [-0.15, -0.1) is 0 Å². The first-order valence-corrected chi connectivity index (χ1v) is 10.5. The summed E-state index contributed by atoms with van der Waals surface area (Å²) in [4.78, 5) is 15.1. The van der Waals surface area contributed by atoms with Gasteiger partial charge < -0.3 is 15.1 Å². The summed E-state index contributed by atoms with van der Waals surface area (Å²) in [7, 11) is -2.37. The average molecular weight is 374 g/mol. The number of hydrogen-bond donors (Lipinski definition) is 4. The lowest BCUT2D eigenvalue weighted by molar-refractivity contribution is 0.100. The number of rotatable bonds is 4. The molecule has 2 aromatic heterocycles. The van der Waals surface area contributed by atoms with Crippen LogP contribution in [0.5, 0.6) is 0 Å². The van der Waals surface area contributed by atoms with Gasteiger partial charge in [0.2, 0.25) is 0 Å². The number of aromatic amines is 1. The fourth-order valence-corrected chi connectivity index (χ4v) is 5.34. The fourth-order valence-electron chi connectivity index (χ4n) is 3.72. The summed E-state index contributed by atoms with van der Waals surface area (Å²) in [5.41, 5.74) is 9.71. The molecule has 3 aromatic rings. The summed E-state index contributed by atoms with van der Waals surface area (Å²) in [6, 6.07) is 5.69. The molecule has 0 unspecified atom stereocenters. The van der Waals surface area contributed by atoms with E-state index in [1.165, 1.54) is 0 Å². The zero-order valence-corrected chi connectivity index (χ0v) is 15.1. The first-order valence-electron chi connectivity index (χ1n) is 8.63. The maximum atomic E-state index is 11.9. The zero-order chi connectivity index (χ0) is 18.3. The molecule has 7 heteroatoms. The molecule has 26 heavy (non-hydrogen) atoms. The van der Waals surface area contributed by atoms with Crippen molar-refractivity contribution in [2.75, 3.05) is 11.5 Å². The van der Waals surface area contributed by atoms with Crippen molar-refractivity contribution in [3.8, 4) is 11.1 Å². The van der Waals surface area contributed by atoms with Gasteiger partial charge in [0.15, 0.2) is 0 Å². The summed E-state index contributed by atoms with van der Waals surface area (Å²) in [6.45, 7) is 0. The van der Waals surface area contributed by atoms with E-state index in [4.69, 9.17) is 10.2 Å². The first kappa shape index (κ1) is 17.2. The van der Waals surface area contributed by atoms with E-state index in [0.29, 0.717) is 23.0 Å². The molecule has 1 fully saturated rings. The predicted molar refractivity (Wildman–Crippen MR) is 104 cm³/mol. The monoisotopic (exact) mass is 374 g/mol. The minimum Gasteiger partial charge on any atom is -0.472 e. The first-order chi connectivity index (χ1) is 12.4. The van der Waals surface area contributed by atoms with E-state index < -0.39 is 16.5 Å². The Kier molecular flexibility index (Phi) is 4.30. The second kappa shape index (κ2) is 6.50. The molecule has 0 radical (unpaired) electrons. The standard InChI is InChI=1S/C19H22N2O4S/c20-19(22)17-9-14(13-1-4-25-11-13)8-16-15(10-21-18(16)17)7-12-2-5-26(23,24)6-3-12/h1,4,8-12,21,23-24H,2-3,5-7H2,(H2,20,22). The quantitative estimate of drug-likeness (QED) is 0.547. The Bertz CT molecular complexity index is 936. The van der Waals surface area contributed by atoms with Crippen LogP contribution in [0.25, 0.3) is 22.0 Å². The van der Waals surface area contributed by atoms with Gasteiger partial charge >= 0.3 is 0 Å². The molecular formula is C19H22N2O4S. The maximum absolute atomic E-state index is 11.9. The van der Waals surface area contributed by atoms with Crippen molar-refractivity contribution in [3.05, 3.63) is 48.0 Å². The van der Waals surface area contributed by atoms with Crippen molar-refractivity contribution >= 4 is 27.4 Å². The van der Waals surface area contributed by atoms with Crippen molar-refractivity contribution in [1.29, 1.82) is 0 Å². The molecule has 0 bridgehead atoms. The Morgan fingerprint density at radius 2 is 2.04 bits per heavy atom. The van der Waals surface area contributed by atoms with Gasteiger partial charge in [-0.05, 0) is 54.5 Å². The lowest BCUT2D eigenvalue weighted by Gasteiger charge is -2.39. The van der Waals surface area contributed by atoms with E-state index in [1.54, 1.807) is 18.6 Å². The van der Waals surface area contributed by atoms with E-state index in [1.807, 2.05) is 12.3 Å². The highest BCUT2D eigenvalue weighted by molar-refractivity contribution is 8.24. The lowest BCUT2D eigenvalue weighted by Crippen LogP contribution is -2.21. The number of primary amides is 1. The molecule has 3 heterocycles.